The van der Waals surface area contributed by atoms with Crippen molar-refractivity contribution in [3.8, 4) is 0 Å². The van der Waals surface area contributed by atoms with Crippen LogP contribution in [0.1, 0.15) is 31.4 Å². The molecule has 0 heterocycles. The van der Waals surface area contributed by atoms with E-state index in [-0.39, 0.29) is 23.8 Å². The number of rotatable bonds is 8. The zero-order chi connectivity index (χ0) is 15.2. The molecular formula is C16H23FN2O2. The Labute approximate surface area is 125 Å². The van der Waals surface area contributed by atoms with Gasteiger partial charge in [0.05, 0.1) is 12.6 Å². The normalized spacial score (nSPS) is 17.3. The van der Waals surface area contributed by atoms with Crippen LogP contribution in [0.5, 0.6) is 0 Å². The second-order valence-electron chi connectivity index (χ2n) is 5.54. The third-order valence-electron chi connectivity index (χ3n) is 3.75. The lowest BCUT2D eigenvalue weighted by Crippen LogP contribution is -2.45. The highest BCUT2D eigenvalue weighted by Gasteiger charge is 2.33. The van der Waals surface area contributed by atoms with E-state index in [0.717, 1.165) is 18.4 Å². The van der Waals surface area contributed by atoms with Gasteiger partial charge in [0.2, 0.25) is 5.91 Å². The van der Waals surface area contributed by atoms with Crippen LogP contribution in [0, 0.1) is 11.7 Å². The van der Waals surface area contributed by atoms with E-state index in [1.807, 2.05) is 6.92 Å². The van der Waals surface area contributed by atoms with Gasteiger partial charge in [0.15, 0.2) is 0 Å². The van der Waals surface area contributed by atoms with Gasteiger partial charge in [0.1, 0.15) is 5.82 Å². The highest BCUT2D eigenvalue weighted by molar-refractivity contribution is 5.81. The van der Waals surface area contributed by atoms with Crippen molar-refractivity contribution in [2.45, 2.75) is 31.8 Å². The van der Waals surface area contributed by atoms with Crippen LogP contribution in [0.2, 0.25) is 0 Å². The van der Waals surface area contributed by atoms with E-state index in [9.17, 15) is 9.18 Å². The summed E-state index contributed by atoms with van der Waals surface area (Å²) in [6, 6.07) is 6.33. The van der Waals surface area contributed by atoms with E-state index in [2.05, 4.69) is 10.6 Å². The molecule has 0 radical (unpaired) electrons. The van der Waals surface area contributed by atoms with Crippen LogP contribution in [-0.2, 0) is 9.53 Å². The molecular weight excluding hydrogens is 271 g/mol. The van der Waals surface area contributed by atoms with Gasteiger partial charge >= 0.3 is 0 Å². The van der Waals surface area contributed by atoms with Crippen LogP contribution in [-0.4, -0.2) is 32.2 Å². The predicted molar refractivity (Wildman–Crippen MR) is 79.3 cm³/mol. The second-order valence-corrected chi connectivity index (χ2v) is 5.54. The fraction of sp³-hybridized carbons (Fsp3) is 0.562. The van der Waals surface area contributed by atoms with Crippen molar-refractivity contribution in [2.24, 2.45) is 5.92 Å². The van der Waals surface area contributed by atoms with Crippen molar-refractivity contribution in [1.29, 1.82) is 0 Å². The first-order chi connectivity index (χ1) is 10.1. The van der Waals surface area contributed by atoms with Crippen molar-refractivity contribution in [3.05, 3.63) is 35.6 Å². The summed E-state index contributed by atoms with van der Waals surface area (Å²) in [6.07, 6.45) is 2.29. The van der Waals surface area contributed by atoms with Gasteiger partial charge < -0.3 is 10.1 Å². The molecule has 1 aromatic carbocycles. The smallest absolute Gasteiger partial charge is 0.236 e. The van der Waals surface area contributed by atoms with Crippen molar-refractivity contribution in [1.82, 2.24) is 10.6 Å². The number of hydrogen-bond acceptors (Lipinski definition) is 3. The first-order valence-corrected chi connectivity index (χ1v) is 7.40. The molecule has 1 aliphatic rings. The fourth-order valence-corrected chi connectivity index (χ4v) is 2.38. The Bertz CT molecular complexity index is 460. The van der Waals surface area contributed by atoms with Gasteiger partial charge in [-0.3, -0.25) is 10.1 Å². The Hall–Kier alpha value is -1.46. The minimum Gasteiger partial charge on any atom is -0.383 e. The van der Waals surface area contributed by atoms with Crippen LogP contribution < -0.4 is 10.6 Å². The highest BCUT2D eigenvalue weighted by Crippen LogP contribution is 2.41. The number of carbonyl (C=O) groups excluding carboxylic acids is 1. The summed E-state index contributed by atoms with van der Waals surface area (Å²) < 4.78 is 17.9. The number of carbonyl (C=O) groups is 1. The largest absolute Gasteiger partial charge is 0.383 e. The van der Waals surface area contributed by atoms with E-state index in [0.29, 0.717) is 19.1 Å². The number of amides is 1. The van der Waals surface area contributed by atoms with Crippen LogP contribution >= 0.6 is 0 Å². The third kappa shape index (κ3) is 4.79. The lowest BCUT2D eigenvalue weighted by atomic mass is 10.0. The maximum atomic E-state index is 13.0. The van der Waals surface area contributed by atoms with Crippen LogP contribution in [0.3, 0.4) is 0 Å². The number of halogens is 1. The first-order valence-electron chi connectivity index (χ1n) is 7.40. The summed E-state index contributed by atoms with van der Waals surface area (Å²) in [5.74, 6) is 0.253. The van der Waals surface area contributed by atoms with E-state index in [1.54, 1.807) is 19.2 Å². The molecule has 1 aromatic rings. The monoisotopic (exact) mass is 294 g/mol. The molecule has 116 valence electrons. The highest BCUT2D eigenvalue weighted by atomic mass is 19.1. The number of methoxy groups -OCH3 is 1. The van der Waals surface area contributed by atoms with Gasteiger partial charge in [-0.15, -0.1) is 0 Å². The molecule has 4 nitrogen and oxygen atoms in total. The topological polar surface area (TPSA) is 50.4 Å². The molecule has 21 heavy (non-hydrogen) atoms. The average molecular weight is 294 g/mol. The lowest BCUT2D eigenvalue weighted by molar-refractivity contribution is -0.123. The van der Waals surface area contributed by atoms with Gasteiger partial charge in [0, 0.05) is 19.7 Å². The molecule has 1 amide bonds. The zero-order valence-corrected chi connectivity index (χ0v) is 12.6. The molecule has 1 aliphatic carbocycles. The number of benzene rings is 1. The Kier molecular flexibility index (Phi) is 5.70. The fourth-order valence-electron chi connectivity index (χ4n) is 2.38. The van der Waals surface area contributed by atoms with Gasteiger partial charge in [0.25, 0.3) is 0 Å². The molecule has 0 aliphatic heterocycles. The van der Waals surface area contributed by atoms with Crippen LogP contribution in [0.15, 0.2) is 24.3 Å². The molecule has 0 saturated heterocycles. The maximum absolute atomic E-state index is 13.0. The molecule has 1 saturated carbocycles. The third-order valence-corrected chi connectivity index (χ3v) is 3.75. The Morgan fingerprint density at radius 3 is 2.62 bits per heavy atom. The summed E-state index contributed by atoms with van der Waals surface area (Å²) >= 11 is 0. The predicted octanol–water partition coefficient (Wildman–Crippen LogP) is 2.02. The van der Waals surface area contributed by atoms with E-state index >= 15 is 0 Å². The molecule has 0 aromatic heterocycles. The molecule has 2 atom stereocenters. The minimum atomic E-state index is -0.294. The SMILES string of the molecule is COCCNC(=O)C(C)NC(c1ccc(F)cc1)C1CC1. The number of hydrogen-bond donors (Lipinski definition) is 2. The van der Waals surface area contributed by atoms with E-state index in [1.165, 1.54) is 12.1 Å². The molecule has 0 spiro atoms. The first kappa shape index (κ1) is 15.9. The average Bonchev–Trinajstić information content (AvgIpc) is 3.30. The van der Waals surface area contributed by atoms with E-state index in [4.69, 9.17) is 4.74 Å². The van der Waals surface area contributed by atoms with Crippen molar-refractivity contribution < 1.29 is 13.9 Å². The summed E-state index contributed by atoms with van der Waals surface area (Å²) in [4.78, 5) is 12.0. The molecule has 2 N–H and O–H groups in total. The summed E-state index contributed by atoms with van der Waals surface area (Å²) in [6.45, 7) is 2.86. The second kappa shape index (κ2) is 7.52. The van der Waals surface area contributed by atoms with Crippen molar-refractivity contribution >= 4 is 5.91 Å². The Morgan fingerprint density at radius 1 is 1.38 bits per heavy atom. The molecule has 2 unspecified atom stereocenters. The lowest BCUT2D eigenvalue weighted by Gasteiger charge is -2.23. The summed E-state index contributed by atoms with van der Waals surface area (Å²) in [5.41, 5.74) is 1.04. The quantitative estimate of drug-likeness (QED) is 0.721. The van der Waals surface area contributed by atoms with Gasteiger partial charge in [-0.1, -0.05) is 12.1 Å². The van der Waals surface area contributed by atoms with Gasteiger partial charge in [-0.05, 0) is 43.4 Å². The molecule has 5 heteroatoms. The Balaban J connectivity index is 1.93. The molecule has 2 rings (SSSR count). The zero-order valence-electron chi connectivity index (χ0n) is 12.6. The number of nitrogens with one attached hydrogen (secondary N) is 2. The van der Waals surface area contributed by atoms with Gasteiger partial charge in [-0.2, -0.15) is 0 Å². The molecule has 0 bridgehead atoms. The van der Waals surface area contributed by atoms with Crippen LogP contribution in [0.25, 0.3) is 0 Å². The Morgan fingerprint density at radius 2 is 2.05 bits per heavy atom. The van der Waals surface area contributed by atoms with Crippen LogP contribution in [0.4, 0.5) is 4.39 Å². The summed E-state index contributed by atoms with van der Waals surface area (Å²) in [7, 11) is 1.60. The summed E-state index contributed by atoms with van der Waals surface area (Å²) in [5, 5.41) is 6.19. The standard InChI is InChI=1S/C16H23FN2O2/c1-11(16(20)18-9-10-21-2)19-15(12-3-4-12)13-5-7-14(17)8-6-13/h5-8,11-12,15,19H,3-4,9-10H2,1-2H3,(H,18,20). The molecule has 1 fully saturated rings. The number of ether oxygens (including phenoxy) is 1. The van der Waals surface area contributed by atoms with Gasteiger partial charge in [-0.25, -0.2) is 4.39 Å². The maximum Gasteiger partial charge on any atom is 0.236 e. The van der Waals surface area contributed by atoms with Crippen molar-refractivity contribution in [2.75, 3.05) is 20.3 Å². The minimum absolute atomic E-state index is 0.0418. The van der Waals surface area contributed by atoms with E-state index < -0.39 is 0 Å². The van der Waals surface area contributed by atoms with Crippen molar-refractivity contribution in [3.63, 3.8) is 0 Å².